The van der Waals surface area contributed by atoms with Crippen LogP contribution >= 0.6 is 8.03 Å². The molecule has 0 saturated heterocycles. The Hall–Kier alpha value is -0.670. The van der Waals surface area contributed by atoms with E-state index in [0.29, 0.717) is 6.61 Å². The molecule has 0 rings (SSSR count). The summed E-state index contributed by atoms with van der Waals surface area (Å²) < 4.78 is 21.0. The number of ether oxygens (including phenoxy) is 1. The molecule has 0 saturated carbocycles. The molecule has 15 heavy (non-hydrogen) atoms. The maximum absolute atomic E-state index is 11.5. The van der Waals surface area contributed by atoms with E-state index in [2.05, 4.69) is 4.74 Å². The first-order chi connectivity index (χ1) is 6.99. The van der Waals surface area contributed by atoms with Crippen molar-refractivity contribution < 1.29 is 23.4 Å². The van der Waals surface area contributed by atoms with E-state index >= 15 is 0 Å². The summed E-state index contributed by atoms with van der Waals surface area (Å²) >= 11 is 0. The lowest BCUT2D eigenvalue weighted by atomic mass is 10.4. The van der Waals surface area contributed by atoms with E-state index in [0.717, 1.165) is 19.8 Å². The van der Waals surface area contributed by atoms with Crippen LogP contribution < -0.4 is 0 Å². The fourth-order valence-electron chi connectivity index (χ4n) is 0.856. The number of ketones is 1. The lowest BCUT2D eigenvalue weighted by Gasteiger charge is -2.13. The van der Waals surface area contributed by atoms with Crippen LogP contribution in [-0.2, 0) is 23.4 Å². The van der Waals surface area contributed by atoms with Crippen LogP contribution in [0.25, 0.3) is 0 Å². The number of carbonyl (C=O) groups is 2. The van der Waals surface area contributed by atoms with E-state index in [1.807, 2.05) is 6.92 Å². The van der Waals surface area contributed by atoms with Gasteiger partial charge in [0.2, 0.25) is 13.9 Å². The number of esters is 1. The second-order valence-corrected chi connectivity index (χ2v) is 4.57. The average Bonchev–Trinajstić information content (AvgIpc) is 2.13. The zero-order valence-electron chi connectivity index (χ0n) is 9.24. The lowest BCUT2D eigenvalue weighted by Crippen LogP contribution is -2.21. The van der Waals surface area contributed by atoms with Crippen LogP contribution in [0.1, 0.15) is 33.6 Å². The van der Waals surface area contributed by atoms with Crippen molar-refractivity contribution in [2.75, 3.05) is 6.61 Å². The summed E-state index contributed by atoms with van der Waals surface area (Å²) in [5.41, 5.74) is 0. The summed E-state index contributed by atoms with van der Waals surface area (Å²) in [4.78, 5) is 21.7. The first-order valence-electron chi connectivity index (χ1n) is 4.83. The van der Waals surface area contributed by atoms with Crippen molar-refractivity contribution >= 4 is 19.8 Å². The molecule has 88 valence electrons. The molecule has 2 atom stereocenters. The van der Waals surface area contributed by atoms with Gasteiger partial charge in [-0.3, -0.25) is 14.2 Å². The molecule has 0 spiro atoms. The van der Waals surface area contributed by atoms with E-state index in [9.17, 15) is 14.2 Å². The predicted octanol–water partition coefficient (Wildman–Crippen LogP) is 1.76. The van der Waals surface area contributed by atoms with Crippen LogP contribution in [0.15, 0.2) is 0 Å². The summed E-state index contributed by atoms with van der Waals surface area (Å²) in [6.07, 6.45) is 1.68. The Morgan fingerprint density at radius 2 is 1.93 bits per heavy atom. The van der Waals surface area contributed by atoms with Crippen LogP contribution in [-0.4, -0.2) is 24.2 Å². The van der Waals surface area contributed by atoms with Crippen molar-refractivity contribution in [3.8, 4) is 0 Å². The Bertz CT molecular complexity index is 251. The number of unbranched alkanes of at least 4 members (excludes halogenated alkanes) is 1. The van der Waals surface area contributed by atoms with Crippen LogP contribution in [0.3, 0.4) is 0 Å². The largest absolute Gasteiger partial charge is 0.444 e. The Kier molecular flexibility index (Phi) is 7.26. The van der Waals surface area contributed by atoms with E-state index in [1.165, 1.54) is 6.92 Å². The average molecular weight is 236 g/mol. The molecule has 0 aliphatic rings. The van der Waals surface area contributed by atoms with E-state index in [4.69, 9.17) is 4.52 Å². The minimum absolute atomic E-state index is 0.319. The van der Waals surface area contributed by atoms with E-state index < -0.39 is 25.6 Å². The van der Waals surface area contributed by atoms with Gasteiger partial charge in [-0.1, -0.05) is 13.3 Å². The first kappa shape index (κ1) is 14.3. The quantitative estimate of drug-likeness (QED) is 0.382. The summed E-state index contributed by atoms with van der Waals surface area (Å²) in [6.45, 7) is 4.67. The number of hydrogen-bond donors (Lipinski definition) is 0. The molecule has 5 nitrogen and oxygen atoms in total. The molecule has 0 aromatic heterocycles. The van der Waals surface area contributed by atoms with Gasteiger partial charge < -0.3 is 9.26 Å². The molecule has 0 heterocycles. The molecular formula is C9H17O5P. The van der Waals surface area contributed by atoms with Crippen molar-refractivity contribution in [3.63, 3.8) is 0 Å². The zero-order valence-corrected chi connectivity index (χ0v) is 10.2. The van der Waals surface area contributed by atoms with Crippen LogP contribution in [0.5, 0.6) is 0 Å². The highest BCUT2D eigenvalue weighted by molar-refractivity contribution is 7.41. The van der Waals surface area contributed by atoms with Crippen LogP contribution in [0.2, 0.25) is 0 Å². The summed E-state index contributed by atoms with van der Waals surface area (Å²) in [6, 6.07) is 0. The number of carbonyl (C=O) groups excluding carboxylic acids is 2. The van der Waals surface area contributed by atoms with Gasteiger partial charge in [0.1, 0.15) is 0 Å². The number of hydrogen-bond acceptors (Lipinski definition) is 5. The monoisotopic (exact) mass is 236 g/mol. The van der Waals surface area contributed by atoms with Crippen LogP contribution in [0, 0.1) is 0 Å². The minimum atomic E-state index is -2.64. The third-order valence-electron chi connectivity index (χ3n) is 1.61. The first-order valence-corrected chi connectivity index (χ1v) is 6.22. The van der Waals surface area contributed by atoms with Gasteiger partial charge in [-0.15, -0.1) is 0 Å². The highest BCUT2D eigenvalue weighted by Crippen LogP contribution is 2.31. The molecule has 0 aromatic rings. The molecule has 6 heteroatoms. The third kappa shape index (κ3) is 6.42. The molecule has 0 aliphatic heterocycles. The SMILES string of the molecule is CCCCO[PH](=O)C(OC(C)=O)C(C)=O. The van der Waals surface area contributed by atoms with Crippen molar-refractivity contribution in [1.82, 2.24) is 0 Å². The molecule has 0 aromatic carbocycles. The Morgan fingerprint density at radius 3 is 2.33 bits per heavy atom. The van der Waals surface area contributed by atoms with Gasteiger partial charge in [-0.25, -0.2) is 0 Å². The molecule has 0 radical (unpaired) electrons. The van der Waals surface area contributed by atoms with Gasteiger partial charge >= 0.3 is 5.97 Å². The van der Waals surface area contributed by atoms with Gasteiger partial charge in [0.15, 0.2) is 5.78 Å². The summed E-state index contributed by atoms with van der Waals surface area (Å²) in [7, 11) is -2.64. The molecule has 0 amide bonds. The van der Waals surface area contributed by atoms with Crippen LogP contribution in [0.4, 0.5) is 0 Å². The Balaban J connectivity index is 4.17. The predicted molar refractivity (Wildman–Crippen MR) is 56.1 cm³/mol. The Morgan fingerprint density at radius 1 is 1.33 bits per heavy atom. The second-order valence-electron chi connectivity index (χ2n) is 3.12. The van der Waals surface area contributed by atoms with Crippen molar-refractivity contribution in [3.05, 3.63) is 0 Å². The number of rotatable bonds is 7. The third-order valence-corrected chi connectivity index (χ3v) is 3.05. The highest BCUT2D eigenvalue weighted by Gasteiger charge is 2.25. The Labute approximate surface area is 90.0 Å². The molecular weight excluding hydrogens is 219 g/mol. The fraction of sp³-hybridized carbons (Fsp3) is 0.778. The molecule has 0 fully saturated rings. The van der Waals surface area contributed by atoms with Crippen molar-refractivity contribution in [1.29, 1.82) is 0 Å². The molecule has 0 aliphatic carbocycles. The lowest BCUT2D eigenvalue weighted by molar-refractivity contribution is -0.148. The van der Waals surface area contributed by atoms with Gasteiger partial charge in [-0.05, 0) is 13.3 Å². The highest BCUT2D eigenvalue weighted by atomic mass is 31.1. The normalized spacial score (nSPS) is 14.3. The van der Waals surface area contributed by atoms with Gasteiger partial charge in [0.25, 0.3) is 0 Å². The van der Waals surface area contributed by atoms with Crippen molar-refractivity contribution in [2.45, 2.75) is 39.5 Å². The summed E-state index contributed by atoms with van der Waals surface area (Å²) in [5.74, 6) is -2.32. The van der Waals surface area contributed by atoms with Gasteiger partial charge in [-0.2, -0.15) is 0 Å². The second kappa shape index (κ2) is 7.60. The fourth-order valence-corrected chi connectivity index (χ4v) is 1.95. The van der Waals surface area contributed by atoms with Gasteiger partial charge in [0.05, 0.1) is 6.61 Å². The van der Waals surface area contributed by atoms with E-state index in [1.54, 1.807) is 0 Å². The molecule has 0 bridgehead atoms. The molecule has 0 N–H and O–H groups in total. The van der Waals surface area contributed by atoms with Crippen molar-refractivity contribution in [2.24, 2.45) is 0 Å². The topological polar surface area (TPSA) is 69.7 Å². The smallest absolute Gasteiger partial charge is 0.303 e. The zero-order chi connectivity index (χ0) is 11.8. The summed E-state index contributed by atoms with van der Waals surface area (Å²) in [5, 5.41) is 0. The van der Waals surface area contributed by atoms with E-state index in [-0.39, 0.29) is 0 Å². The maximum Gasteiger partial charge on any atom is 0.303 e. The standard InChI is InChI=1S/C9H17O5P/c1-4-5-6-13-15(12)9(7(2)10)14-8(3)11/h9,15H,4-6H2,1-3H3. The minimum Gasteiger partial charge on any atom is -0.444 e. The van der Waals surface area contributed by atoms with Gasteiger partial charge in [0, 0.05) is 6.92 Å². The number of Topliss-reactive ketones (excluding diaryl/α,β-unsaturated/α-hetero) is 1. The maximum atomic E-state index is 11.5. The molecule has 2 unspecified atom stereocenters.